The molecule has 9 nitrogen and oxygen atoms in total. The quantitative estimate of drug-likeness (QED) is 0.501. The van der Waals surface area contributed by atoms with Gasteiger partial charge in [0.2, 0.25) is 10.0 Å². The first-order chi connectivity index (χ1) is 13.8. The van der Waals surface area contributed by atoms with Crippen LogP contribution in [0.1, 0.15) is 0 Å². The molecular formula is C18H20ClN3O6S. The predicted octanol–water partition coefficient (Wildman–Crippen LogP) is 2.78. The molecule has 29 heavy (non-hydrogen) atoms. The lowest BCUT2D eigenvalue weighted by molar-refractivity contribution is -0.384. The summed E-state index contributed by atoms with van der Waals surface area (Å²) >= 11 is 6.19. The Morgan fingerprint density at radius 2 is 1.69 bits per heavy atom. The van der Waals surface area contributed by atoms with Crippen molar-refractivity contribution in [2.45, 2.75) is 4.90 Å². The second-order valence-corrected chi connectivity index (χ2v) is 8.62. The Hall–Kier alpha value is -2.56. The smallest absolute Gasteiger partial charge is 0.294 e. The monoisotopic (exact) mass is 441 g/mol. The van der Waals surface area contributed by atoms with Crippen molar-refractivity contribution in [3.8, 4) is 11.5 Å². The lowest BCUT2D eigenvalue weighted by Crippen LogP contribution is -2.48. The van der Waals surface area contributed by atoms with Crippen LogP contribution in [-0.2, 0) is 10.0 Å². The van der Waals surface area contributed by atoms with Gasteiger partial charge in [-0.1, -0.05) is 17.7 Å². The Bertz CT molecular complexity index is 1020. The number of sulfonamides is 1. The van der Waals surface area contributed by atoms with E-state index in [0.717, 1.165) is 0 Å². The van der Waals surface area contributed by atoms with E-state index in [4.69, 9.17) is 21.1 Å². The van der Waals surface area contributed by atoms with Crippen molar-refractivity contribution >= 4 is 33.0 Å². The Kier molecular flexibility index (Phi) is 6.15. The summed E-state index contributed by atoms with van der Waals surface area (Å²) in [6, 6.07) is 8.89. The molecule has 156 valence electrons. The van der Waals surface area contributed by atoms with Gasteiger partial charge in [-0.3, -0.25) is 10.1 Å². The van der Waals surface area contributed by atoms with Crippen molar-refractivity contribution in [2.75, 3.05) is 45.3 Å². The molecule has 2 aromatic carbocycles. The molecule has 0 N–H and O–H groups in total. The van der Waals surface area contributed by atoms with Gasteiger partial charge < -0.3 is 14.4 Å². The fourth-order valence-corrected chi connectivity index (χ4v) is 4.97. The van der Waals surface area contributed by atoms with Gasteiger partial charge in [0.05, 0.1) is 29.1 Å². The molecular weight excluding hydrogens is 422 g/mol. The van der Waals surface area contributed by atoms with E-state index in [2.05, 4.69) is 0 Å². The van der Waals surface area contributed by atoms with Crippen LogP contribution in [0.4, 0.5) is 11.4 Å². The second kappa shape index (κ2) is 8.44. The van der Waals surface area contributed by atoms with Crippen molar-refractivity contribution in [3.63, 3.8) is 0 Å². The molecule has 1 fully saturated rings. The van der Waals surface area contributed by atoms with Crippen LogP contribution in [0.15, 0.2) is 41.3 Å². The number of piperazine rings is 1. The van der Waals surface area contributed by atoms with Crippen LogP contribution in [-0.4, -0.2) is 58.0 Å². The molecule has 0 atom stereocenters. The molecule has 0 aromatic heterocycles. The lowest BCUT2D eigenvalue weighted by Gasteiger charge is -2.35. The molecule has 1 heterocycles. The first-order valence-corrected chi connectivity index (χ1v) is 10.5. The number of methoxy groups -OCH3 is 2. The highest BCUT2D eigenvalue weighted by molar-refractivity contribution is 7.89. The van der Waals surface area contributed by atoms with E-state index in [1.54, 1.807) is 11.0 Å². The third-order valence-corrected chi connectivity index (χ3v) is 6.91. The summed E-state index contributed by atoms with van der Waals surface area (Å²) in [5.41, 5.74) is 0.205. The fraction of sp³-hybridized carbons (Fsp3) is 0.333. The maximum absolute atomic E-state index is 13.0. The number of nitrogens with zero attached hydrogens (tertiary/aromatic N) is 3. The first-order valence-electron chi connectivity index (χ1n) is 8.69. The van der Waals surface area contributed by atoms with Crippen LogP contribution >= 0.6 is 11.6 Å². The van der Waals surface area contributed by atoms with Gasteiger partial charge in [0, 0.05) is 38.3 Å². The number of hydrogen-bond donors (Lipinski definition) is 0. The molecule has 11 heteroatoms. The van der Waals surface area contributed by atoms with Crippen LogP contribution in [0.3, 0.4) is 0 Å². The number of rotatable bonds is 6. The number of hydrogen-bond acceptors (Lipinski definition) is 7. The topological polar surface area (TPSA) is 102 Å². The summed E-state index contributed by atoms with van der Waals surface area (Å²) in [6.45, 7) is 0.881. The van der Waals surface area contributed by atoms with E-state index in [9.17, 15) is 18.5 Å². The molecule has 3 rings (SSSR count). The van der Waals surface area contributed by atoms with E-state index >= 15 is 0 Å². The highest BCUT2D eigenvalue weighted by Crippen LogP contribution is 2.36. The van der Waals surface area contributed by atoms with Gasteiger partial charge in [-0.2, -0.15) is 4.31 Å². The number of nitro benzene ring substituents is 1. The number of ether oxygens (including phenoxy) is 2. The molecule has 0 saturated carbocycles. The summed E-state index contributed by atoms with van der Waals surface area (Å²) < 4.78 is 37.7. The van der Waals surface area contributed by atoms with Gasteiger partial charge in [0.1, 0.15) is 5.69 Å². The van der Waals surface area contributed by atoms with Crippen molar-refractivity contribution in [1.82, 2.24) is 4.31 Å². The third-order valence-electron chi connectivity index (χ3n) is 4.71. The van der Waals surface area contributed by atoms with Gasteiger partial charge in [-0.25, -0.2) is 8.42 Å². The molecule has 0 radical (unpaired) electrons. The minimum Gasteiger partial charge on any atom is -0.493 e. The highest BCUT2D eigenvalue weighted by atomic mass is 35.5. The minimum atomic E-state index is -3.76. The molecule has 0 amide bonds. The van der Waals surface area contributed by atoms with Gasteiger partial charge in [0.15, 0.2) is 11.5 Å². The zero-order chi connectivity index (χ0) is 21.2. The molecule has 2 aromatic rings. The van der Waals surface area contributed by atoms with E-state index in [1.807, 2.05) is 0 Å². The average molecular weight is 442 g/mol. The highest BCUT2D eigenvalue weighted by Gasteiger charge is 2.32. The van der Waals surface area contributed by atoms with Gasteiger partial charge >= 0.3 is 0 Å². The van der Waals surface area contributed by atoms with Crippen molar-refractivity contribution < 1.29 is 22.8 Å². The molecule has 0 aliphatic carbocycles. The number of benzene rings is 2. The van der Waals surface area contributed by atoms with Crippen LogP contribution in [0.2, 0.25) is 5.02 Å². The normalized spacial score (nSPS) is 15.2. The standard InChI is InChI=1S/C18H20ClN3O6S/c1-27-16-7-6-13(12-17(16)28-2)29(25,26)21-10-8-20(9-11-21)18-14(19)4-3-5-15(18)22(23)24/h3-7,12H,8-11H2,1-2H3. The fourth-order valence-electron chi connectivity index (χ4n) is 3.24. The molecule has 1 aliphatic rings. The van der Waals surface area contributed by atoms with Crippen molar-refractivity contribution in [2.24, 2.45) is 0 Å². The summed E-state index contributed by atoms with van der Waals surface area (Å²) in [4.78, 5) is 12.7. The Morgan fingerprint density at radius 1 is 1.03 bits per heavy atom. The van der Waals surface area contributed by atoms with Crippen molar-refractivity contribution in [3.05, 3.63) is 51.5 Å². The molecule has 1 saturated heterocycles. The van der Waals surface area contributed by atoms with E-state index in [0.29, 0.717) is 17.2 Å². The Labute approximate surface area is 173 Å². The number of anilines is 1. The zero-order valence-electron chi connectivity index (χ0n) is 15.9. The second-order valence-electron chi connectivity index (χ2n) is 6.27. The maximum atomic E-state index is 13.0. The minimum absolute atomic E-state index is 0.0901. The summed E-state index contributed by atoms with van der Waals surface area (Å²) in [7, 11) is -0.852. The zero-order valence-corrected chi connectivity index (χ0v) is 17.4. The van der Waals surface area contributed by atoms with Crippen LogP contribution in [0.5, 0.6) is 11.5 Å². The maximum Gasteiger partial charge on any atom is 0.294 e. The summed E-state index contributed by atoms with van der Waals surface area (Å²) in [6.07, 6.45) is 0. The van der Waals surface area contributed by atoms with Crippen LogP contribution in [0.25, 0.3) is 0 Å². The average Bonchev–Trinajstić information content (AvgIpc) is 2.73. The van der Waals surface area contributed by atoms with E-state index in [-0.39, 0.29) is 41.8 Å². The molecule has 0 unspecified atom stereocenters. The van der Waals surface area contributed by atoms with Gasteiger partial charge in [-0.15, -0.1) is 0 Å². The lowest BCUT2D eigenvalue weighted by atomic mass is 10.2. The molecule has 0 spiro atoms. The van der Waals surface area contributed by atoms with E-state index < -0.39 is 14.9 Å². The summed E-state index contributed by atoms with van der Waals surface area (Å²) in [5, 5.41) is 11.6. The number of nitro groups is 1. The summed E-state index contributed by atoms with van der Waals surface area (Å²) in [5.74, 6) is 0.751. The first kappa shape index (κ1) is 21.2. The third kappa shape index (κ3) is 4.09. The van der Waals surface area contributed by atoms with Gasteiger partial charge in [0.25, 0.3) is 5.69 Å². The number of para-hydroxylation sites is 1. The number of halogens is 1. The largest absolute Gasteiger partial charge is 0.493 e. The Balaban J connectivity index is 1.82. The van der Waals surface area contributed by atoms with Crippen LogP contribution in [0, 0.1) is 10.1 Å². The predicted molar refractivity (Wildman–Crippen MR) is 109 cm³/mol. The van der Waals surface area contributed by atoms with E-state index in [1.165, 1.54) is 48.9 Å². The molecule has 0 bridgehead atoms. The van der Waals surface area contributed by atoms with Crippen LogP contribution < -0.4 is 14.4 Å². The SMILES string of the molecule is COc1ccc(S(=O)(=O)N2CCN(c3c(Cl)cccc3[N+](=O)[O-])CC2)cc1OC. The van der Waals surface area contributed by atoms with Gasteiger partial charge in [-0.05, 0) is 18.2 Å². The van der Waals surface area contributed by atoms with Crippen molar-refractivity contribution in [1.29, 1.82) is 0 Å². The Morgan fingerprint density at radius 3 is 2.28 bits per heavy atom. The molecule has 1 aliphatic heterocycles.